The highest BCUT2D eigenvalue weighted by Crippen LogP contribution is 2.33. The molecule has 0 aliphatic carbocycles. The molecular formula is C24H21NO3. The van der Waals surface area contributed by atoms with Crippen molar-refractivity contribution in [2.75, 3.05) is 18.2 Å². The normalized spacial score (nSPS) is 12.3. The average molecular weight is 371 g/mol. The predicted octanol–water partition coefficient (Wildman–Crippen LogP) is 5.08. The minimum atomic E-state index is -0.0835. The highest BCUT2D eigenvalue weighted by Gasteiger charge is 2.21. The summed E-state index contributed by atoms with van der Waals surface area (Å²) in [6.45, 7) is 2.68. The van der Waals surface area contributed by atoms with Crippen LogP contribution >= 0.6 is 0 Å². The van der Waals surface area contributed by atoms with E-state index in [0.717, 1.165) is 16.8 Å². The zero-order chi connectivity index (χ0) is 19.3. The van der Waals surface area contributed by atoms with Gasteiger partial charge in [0.25, 0.3) is 5.91 Å². The molecule has 0 saturated carbocycles. The third-order valence-electron chi connectivity index (χ3n) is 4.61. The Morgan fingerprint density at radius 1 is 0.964 bits per heavy atom. The van der Waals surface area contributed by atoms with Crippen LogP contribution in [0.5, 0.6) is 11.5 Å². The number of ether oxygens (including phenoxy) is 2. The molecule has 28 heavy (non-hydrogen) atoms. The molecular weight excluding hydrogens is 350 g/mol. The Balaban J connectivity index is 1.61. The van der Waals surface area contributed by atoms with Crippen LogP contribution in [0.2, 0.25) is 0 Å². The van der Waals surface area contributed by atoms with Gasteiger partial charge >= 0.3 is 0 Å². The third kappa shape index (κ3) is 3.91. The number of anilines is 1. The average Bonchev–Trinajstić information content (AvgIpc) is 3.20. The molecule has 140 valence electrons. The molecule has 4 nitrogen and oxygen atoms in total. The Labute approximate surface area is 164 Å². The first-order valence-corrected chi connectivity index (χ1v) is 9.20. The molecule has 0 spiro atoms. The number of rotatable bonds is 5. The van der Waals surface area contributed by atoms with Gasteiger partial charge in [0.2, 0.25) is 6.79 Å². The van der Waals surface area contributed by atoms with Crippen molar-refractivity contribution in [3.8, 4) is 11.5 Å². The summed E-state index contributed by atoms with van der Waals surface area (Å²) >= 11 is 0. The van der Waals surface area contributed by atoms with Crippen molar-refractivity contribution in [3.63, 3.8) is 0 Å². The number of hydrogen-bond acceptors (Lipinski definition) is 3. The van der Waals surface area contributed by atoms with Gasteiger partial charge in [-0.2, -0.15) is 0 Å². The van der Waals surface area contributed by atoms with Crippen molar-refractivity contribution in [1.82, 2.24) is 0 Å². The van der Waals surface area contributed by atoms with Gasteiger partial charge in [0.15, 0.2) is 11.5 Å². The van der Waals surface area contributed by atoms with E-state index in [9.17, 15) is 4.79 Å². The topological polar surface area (TPSA) is 38.8 Å². The second-order valence-corrected chi connectivity index (χ2v) is 6.63. The van der Waals surface area contributed by atoms with Gasteiger partial charge in [-0.15, -0.1) is 0 Å². The fourth-order valence-electron chi connectivity index (χ4n) is 3.07. The maximum absolute atomic E-state index is 13.3. The molecule has 4 rings (SSSR count). The number of fused-ring (bicyclic) bond motifs is 1. The van der Waals surface area contributed by atoms with E-state index in [1.807, 2.05) is 73.7 Å². The standard InChI is InChI=1S/C24H21NO3/c1-18-9-12-21(13-10-18)25(15-5-8-19-6-3-2-4-7-19)24(26)20-11-14-22-23(16-20)28-17-27-22/h2-14,16H,15,17H2,1H3/b8-5+. The van der Waals surface area contributed by atoms with Crippen LogP contribution in [0.15, 0.2) is 78.9 Å². The van der Waals surface area contributed by atoms with Crippen LogP contribution in [0.1, 0.15) is 21.5 Å². The molecule has 0 unspecified atom stereocenters. The van der Waals surface area contributed by atoms with E-state index in [0.29, 0.717) is 23.6 Å². The Hall–Kier alpha value is -3.53. The summed E-state index contributed by atoms with van der Waals surface area (Å²) in [7, 11) is 0. The van der Waals surface area contributed by atoms with Crippen LogP contribution in [-0.4, -0.2) is 19.2 Å². The molecule has 0 atom stereocenters. The summed E-state index contributed by atoms with van der Waals surface area (Å²) in [4.78, 5) is 15.0. The molecule has 1 aliphatic rings. The van der Waals surface area contributed by atoms with E-state index >= 15 is 0 Å². The first kappa shape index (κ1) is 17.9. The SMILES string of the molecule is Cc1ccc(N(C/C=C/c2ccccc2)C(=O)c2ccc3c(c2)OCO3)cc1. The number of nitrogens with zero attached hydrogens (tertiary/aromatic N) is 1. The number of carbonyl (C=O) groups excluding carboxylic acids is 1. The lowest BCUT2D eigenvalue weighted by Gasteiger charge is -2.22. The maximum atomic E-state index is 13.3. The van der Waals surface area contributed by atoms with Gasteiger partial charge in [0.05, 0.1) is 0 Å². The first-order valence-electron chi connectivity index (χ1n) is 9.20. The third-order valence-corrected chi connectivity index (χ3v) is 4.61. The Kier molecular flexibility index (Phi) is 5.11. The highest BCUT2D eigenvalue weighted by atomic mass is 16.7. The van der Waals surface area contributed by atoms with E-state index in [1.54, 1.807) is 23.1 Å². The number of hydrogen-bond donors (Lipinski definition) is 0. The zero-order valence-electron chi connectivity index (χ0n) is 15.7. The fourth-order valence-corrected chi connectivity index (χ4v) is 3.07. The zero-order valence-corrected chi connectivity index (χ0v) is 15.7. The molecule has 0 radical (unpaired) electrons. The van der Waals surface area contributed by atoms with Crippen molar-refractivity contribution in [1.29, 1.82) is 0 Å². The van der Waals surface area contributed by atoms with Crippen LogP contribution in [0.25, 0.3) is 6.08 Å². The van der Waals surface area contributed by atoms with Crippen molar-refractivity contribution in [3.05, 3.63) is 95.6 Å². The van der Waals surface area contributed by atoms with E-state index in [1.165, 1.54) is 0 Å². The van der Waals surface area contributed by atoms with Crippen molar-refractivity contribution in [2.45, 2.75) is 6.92 Å². The van der Waals surface area contributed by atoms with Crippen molar-refractivity contribution in [2.24, 2.45) is 0 Å². The Morgan fingerprint density at radius 3 is 2.50 bits per heavy atom. The minimum absolute atomic E-state index is 0.0835. The molecule has 3 aromatic rings. The largest absolute Gasteiger partial charge is 0.454 e. The second kappa shape index (κ2) is 8.01. The smallest absolute Gasteiger partial charge is 0.258 e. The van der Waals surface area contributed by atoms with Crippen LogP contribution < -0.4 is 14.4 Å². The van der Waals surface area contributed by atoms with E-state index in [2.05, 4.69) is 0 Å². The van der Waals surface area contributed by atoms with Gasteiger partial charge < -0.3 is 14.4 Å². The lowest BCUT2D eigenvalue weighted by atomic mass is 10.1. The monoisotopic (exact) mass is 371 g/mol. The van der Waals surface area contributed by atoms with Gasteiger partial charge in [-0.3, -0.25) is 4.79 Å². The van der Waals surface area contributed by atoms with Crippen molar-refractivity contribution >= 4 is 17.7 Å². The van der Waals surface area contributed by atoms with Crippen molar-refractivity contribution < 1.29 is 14.3 Å². The predicted molar refractivity (Wildman–Crippen MR) is 111 cm³/mol. The van der Waals surface area contributed by atoms with Crippen LogP contribution in [0, 0.1) is 6.92 Å². The van der Waals surface area contributed by atoms with Crippen LogP contribution in [-0.2, 0) is 0 Å². The molecule has 0 bridgehead atoms. The molecule has 0 fully saturated rings. The lowest BCUT2D eigenvalue weighted by molar-refractivity contribution is 0.0989. The number of benzene rings is 3. The number of aryl methyl sites for hydroxylation is 1. The molecule has 1 aliphatic heterocycles. The lowest BCUT2D eigenvalue weighted by Crippen LogP contribution is -2.31. The number of amides is 1. The molecule has 3 aromatic carbocycles. The first-order chi connectivity index (χ1) is 13.7. The maximum Gasteiger partial charge on any atom is 0.258 e. The molecule has 0 N–H and O–H groups in total. The molecule has 0 saturated heterocycles. The van der Waals surface area contributed by atoms with Crippen LogP contribution in [0.4, 0.5) is 5.69 Å². The van der Waals surface area contributed by atoms with Gasteiger partial charge in [-0.25, -0.2) is 0 Å². The number of carbonyl (C=O) groups is 1. The summed E-state index contributed by atoms with van der Waals surface area (Å²) in [5.74, 6) is 1.19. The summed E-state index contributed by atoms with van der Waals surface area (Å²) in [5.41, 5.74) is 3.67. The molecule has 1 amide bonds. The van der Waals surface area contributed by atoms with Crippen LogP contribution in [0.3, 0.4) is 0 Å². The van der Waals surface area contributed by atoms with Gasteiger partial charge in [0.1, 0.15) is 0 Å². The Morgan fingerprint density at radius 2 is 1.71 bits per heavy atom. The van der Waals surface area contributed by atoms with E-state index in [-0.39, 0.29) is 12.7 Å². The summed E-state index contributed by atoms with van der Waals surface area (Å²) in [5, 5.41) is 0. The summed E-state index contributed by atoms with van der Waals surface area (Å²) < 4.78 is 10.8. The quantitative estimate of drug-likeness (QED) is 0.627. The highest BCUT2D eigenvalue weighted by molar-refractivity contribution is 6.06. The minimum Gasteiger partial charge on any atom is -0.454 e. The molecule has 1 heterocycles. The van der Waals surface area contributed by atoms with Gasteiger partial charge in [-0.05, 0) is 42.8 Å². The molecule has 4 heteroatoms. The molecule has 0 aromatic heterocycles. The summed E-state index contributed by atoms with van der Waals surface area (Å²) in [6.07, 6.45) is 4.02. The fraction of sp³-hybridized carbons (Fsp3) is 0.125. The van der Waals surface area contributed by atoms with E-state index < -0.39 is 0 Å². The Bertz CT molecular complexity index is 994. The second-order valence-electron chi connectivity index (χ2n) is 6.63. The van der Waals surface area contributed by atoms with Gasteiger partial charge in [-0.1, -0.05) is 60.2 Å². The van der Waals surface area contributed by atoms with Gasteiger partial charge in [0, 0.05) is 17.8 Å². The summed E-state index contributed by atoms with van der Waals surface area (Å²) in [6, 6.07) is 23.3. The van der Waals surface area contributed by atoms with E-state index in [4.69, 9.17) is 9.47 Å².